The van der Waals surface area contributed by atoms with Gasteiger partial charge < -0.3 is 10.1 Å². The summed E-state index contributed by atoms with van der Waals surface area (Å²) in [6.45, 7) is 5.04. The van der Waals surface area contributed by atoms with Crippen LogP contribution in [-0.4, -0.2) is 19.7 Å². The minimum absolute atomic E-state index is 0.370. The quantitative estimate of drug-likeness (QED) is 0.574. The first-order valence-corrected chi connectivity index (χ1v) is 9.81. The van der Waals surface area contributed by atoms with Crippen LogP contribution in [0.2, 0.25) is 0 Å². The Balaban J connectivity index is 1.79. The summed E-state index contributed by atoms with van der Waals surface area (Å²) < 4.78 is 6.55. The van der Waals surface area contributed by atoms with E-state index in [1.165, 1.54) is 30.4 Å². The molecule has 25 heavy (non-hydrogen) atoms. The summed E-state index contributed by atoms with van der Waals surface area (Å²) >= 11 is 0. The standard InChI is InChI=1S/C23H31NO/c1-2-19-25-23(21-9-5-3-6-10-21,22-11-7-4-8-12-22)16-18-24-17-15-20-13-14-20/h3-12,20,24H,2,13-19H2,1H3. The van der Waals surface area contributed by atoms with E-state index >= 15 is 0 Å². The van der Waals surface area contributed by atoms with Crippen LogP contribution in [0.4, 0.5) is 0 Å². The number of hydrogen-bond donors (Lipinski definition) is 1. The van der Waals surface area contributed by atoms with Crippen LogP contribution < -0.4 is 5.32 Å². The first kappa shape index (κ1) is 18.2. The summed E-state index contributed by atoms with van der Waals surface area (Å²) in [5.41, 5.74) is 2.13. The molecule has 2 heteroatoms. The lowest BCUT2D eigenvalue weighted by molar-refractivity contribution is -0.0242. The summed E-state index contributed by atoms with van der Waals surface area (Å²) in [7, 11) is 0. The second-order valence-electron chi connectivity index (χ2n) is 7.14. The van der Waals surface area contributed by atoms with Crippen molar-refractivity contribution in [3.63, 3.8) is 0 Å². The zero-order valence-electron chi connectivity index (χ0n) is 15.4. The lowest BCUT2D eigenvalue weighted by Gasteiger charge is -2.35. The van der Waals surface area contributed by atoms with Crippen LogP contribution in [0.15, 0.2) is 60.7 Å². The Morgan fingerprint density at radius 3 is 2.04 bits per heavy atom. The van der Waals surface area contributed by atoms with E-state index in [9.17, 15) is 0 Å². The number of rotatable bonds is 11. The molecule has 2 nitrogen and oxygen atoms in total. The van der Waals surface area contributed by atoms with Gasteiger partial charge in [-0.2, -0.15) is 0 Å². The van der Waals surface area contributed by atoms with Gasteiger partial charge in [0.2, 0.25) is 0 Å². The number of ether oxygens (including phenoxy) is 1. The molecule has 0 atom stereocenters. The van der Waals surface area contributed by atoms with Crippen molar-refractivity contribution in [1.29, 1.82) is 0 Å². The van der Waals surface area contributed by atoms with Crippen molar-refractivity contribution >= 4 is 0 Å². The molecular formula is C23H31NO. The van der Waals surface area contributed by atoms with Crippen LogP contribution in [0.25, 0.3) is 0 Å². The summed E-state index contributed by atoms with van der Waals surface area (Å²) in [5.74, 6) is 0.983. The molecule has 0 spiro atoms. The fraction of sp³-hybridized carbons (Fsp3) is 0.478. The van der Waals surface area contributed by atoms with Crippen LogP contribution in [0.1, 0.15) is 50.2 Å². The molecule has 0 aromatic heterocycles. The summed E-state index contributed by atoms with van der Waals surface area (Å²) in [6, 6.07) is 21.4. The van der Waals surface area contributed by atoms with Gasteiger partial charge in [-0.05, 0) is 49.4 Å². The zero-order valence-corrected chi connectivity index (χ0v) is 15.4. The van der Waals surface area contributed by atoms with Crippen molar-refractivity contribution < 1.29 is 4.74 Å². The van der Waals surface area contributed by atoms with Crippen molar-refractivity contribution in [2.45, 2.75) is 44.6 Å². The molecule has 0 amide bonds. The molecule has 134 valence electrons. The van der Waals surface area contributed by atoms with Gasteiger partial charge in [0, 0.05) is 6.61 Å². The van der Waals surface area contributed by atoms with E-state index in [-0.39, 0.29) is 5.60 Å². The highest BCUT2D eigenvalue weighted by atomic mass is 16.5. The molecule has 1 N–H and O–H groups in total. The van der Waals surface area contributed by atoms with Gasteiger partial charge in [0.25, 0.3) is 0 Å². The first-order chi connectivity index (χ1) is 12.3. The molecule has 0 aliphatic heterocycles. The van der Waals surface area contributed by atoms with Crippen molar-refractivity contribution in [1.82, 2.24) is 5.32 Å². The second kappa shape index (κ2) is 9.17. The average Bonchev–Trinajstić information content (AvgIpc) is 3.50. The van der Waals surface area contributed by atoms with E-state index in [1.807, 2.05) is 0 Å². The van der Waals surface area contributed by atoms with Gasteiger partial charge in [-0.3, -0.25) is 0 Å². The Bertz CT molecular complexity index is 567. The number of benzene rings is 2. The van der Waals surface area contributed by atoms with E-state index in [2.05, 4.69) is 72.9 Å². The SMILES string of the molecule is CCCOC(CCNCCC1CC1)(c1ccccc1)c1ccccc1. The van der Waals surface area contributed by atoms with E-state index in [0.29, 0.717) is 0 Å². The smallest absolute Gasteiger partial charge is 0.119 e. The highest BCUT2D eigenvalue weighted by Crippen LogP contribution is 2.37. The summed E-state index contributed by atoms with van der Waals surface area (Å²) in [5, 5.41) is 3.65. The molecule has 2 aromatic rings. The fourth-order valence-electron chi connectivity index (χ4n) is 3.49. The van der Waals surface area contributed by atoms with E-state index in [0.717, 1.165) is 38.5 Å². The molecule has 1 saturated carbocycles. The predicted octanol–water partition coefficient (Wildman–Crippen LogP) is 5.14. The van der Waals surface area contributed by atoms with Gasteiger partial charge in [-0.15, -0.1) is 0 Å². The lowest BCUT2D eigenvalue weighted by atomic mass is 9.83. The van der Waals surface area contributed by atoms with Gasteiger partial charge in [0.15, 0.2) is 0 Å². The summed E-state index contributed by atoms with van der Waals surface area (Å²) in [4.78, 5) is 0. The van der Waals surface area contributed by atoms with Gasteiger partial charge in [0.1, 0.15) is 5.60 Å². The van der Waals surface area contributed by atoms with Crippen molar-refractivity contribution in [2.75, 3.05) is 19.7 Å². The predicted molar refractivity (Wildman–Crippen MR) is 105 cm³/mol. The number of hydrogen-bond acceptors (Lipinski definition) is 2. The van der Waals surface area contributed by atoms with Crippen LogP contribution in [0.3, 0.4) is 0 Å². The molecule has 0 radical (unpaired) electrons. The largest absolute Gasteiger partial charge is 0.366 e. The fourth-order valence-corrected chi connectivity index (χ4v) is 3.49. The van der Waals surface area contributed by atoms with Gasteiger partial charge in [-0.1, -0.05) is 80.4 Å². The third-order valence-electron chi connectivity index (χ3n) is 5.11. The average molecular weight is 338 g/mol. The molecule has 0 bridgehead atoms. The lowest BCUT2D eigenvalue weighted by Crippen LogP contribution is -2.35. The van der Waals surface area contributed by atoms with Crippen LogP contribution >= 0.6 is 0 Å². The molecule has 1 aliphatic carbocycles. The highest BCUT2D eigenvalue weighted by molar-refractivity contribution is 5.36. The van der Waals surface area contributed by atoms with E-state index < -0.39 is 0 Å². The second-order valence-corrected chi connectivity index (χ2v) is 7.14. The first-order valence-electron chi connectivity index (χ1n) is 9.81. The maximum absolute atomic E-state index is 6.55. The molecule has 1 aliphatic rings. The number of nitrogens with one attached hydrogen (secondary N) is 1. The maximum Gasteiger partial charge on any atom is 0.119 e. The molecule has 3 rings (SSSR count). The Kier molecular flexibility index (Phi) is 6.66. The van der Waals surface area contributed by atoms with Crippen molar-refractivity contribution in [3.05, 3.63) is 71.8 Å². The van der Waals surface area contributed by atoms with Gasteiger partial charge >= 0.3 is 0 Å². The molecule has 0 unspecified atom stereocenters. The highest BCUT2D eigenvalue weighted by Gasteiger charge is 2.34. The Labute approximate surface area is 152 Å². The third-order valence-corrected chi connectivity index (χ3v) is 5.11. The minimum atomic E-state index is -0.370. The summed E-state index contributed by atoms with van der Waals surface area (Å²) in [6.07, 6.45) is 6.15. The van der Waals surface area contributed by atoms with Crippen LogP contribution in [0.5, 0.6) is 0 Å². The molecule has 1 fully saturated rings. The molecule has 0 saturated heterocycles. The van der Waals surface area contributed by atoms with Crippen molar-refractivity contribution in [2.24, 2.45) is 5.92 Å². The Morgan fingerprint density at radius 1 is 0.920 bits per heavy atom. The van der Waals surface area contributed by atoms with E-state index in [1.54, 1.807) is 0 Å². The molecule has 2 aromatic carbocycles. The zero-order chi connectivity index (χ0) is 17.4. The van der Waals surface area contributed by atoms with Crippen LogP contribution in [0, 0.1) is 5.92 Å². The molecular weight excluding hydrogens is 306 g/mol. The topological polar surface area (TPSA) is 21.3 Å². The van der Waals surface area contributed by atoms with Gasteiger partial charge in [0.05, 0.1) is 0 Å². The minimum Gasteiger partial charge on any atom is -0.366 e. The maximum atomic E-state index is 6.55. The normalized spacial score (nSPS) is 14.6. The van der Waals surface area contributed by atoms with Gasteiger partial charge in [-0.25, -0.2) is 0 Å². The monoisotopic (exact) mass is 337 g/mol. The van der Waals surface area contributed by atoms with E-state index in [4.69, 9.17) is 4.74 Å². The Morgan fingerprint density at radius 2 is 1.52 bits per heavy atom. The van der Waals surface area contributed by atoms with Crippen LogP contribution in [-0.2, 0) is 10.3 Å². The Hall–Kier alpha value is -1.64. The third kappa shape index (κ3) is 4.93. The molecule has 0 heterocycles. The van der Waals surface area contributed by atoms with Crippen molar-refractivity contribution in [3.8, 4) is 0 Å².